The maximum atomic E-state index is 4.35. The standard InChI is InChI=1S/C11H17N3/c1-9-4-3-6-13-10(9)14-11(2)5-7-12-8-11/h3-4,6,12H,5,7-8H2,1-2H3,(H,13,14). The molecule has 1 saturated heterocycles. The van der Waals surface area contributed by atoms with Crippen molar-refractivity contribution in [2.75, 3.05) is 18.4 Å². The Morgan fingerprint density at radius 3 is 3.07 bits per heavy atom. The number of pyridine rings is 1. The van der Waals surface area contributed by atoms with Gasteiger partial charge >= 0.3 is 0 Å². The number of anilines is 1. The number of nitrogens with one attached hydrogen (secondary N) is 2. The fourth-order valence-electron chi connectivity index (χ4n) is 1.83. The highest BCUT2D eigenvalue weighted by atomic mass is 15.1. The fourth-order valence-corrected chi connectivity index (χ4v) is 1.83. The Kier molecular flexibility index (Phi) is 2.42. The predicted molar refractivity (Wildman–Crippen MR) is 58.5 cm³/mol. The first-order valence-electron chi connectivity index (χ1n) is 5.10. The van der Waals surface area contributed by atoms with Crippen LogP contribution in [0.4, 0.5) is 5.82 Å². The van der Waals surface area contributed by atoms with Gasteiger partial charge in [0.15, 0.2) is 0 Å². The monoisotopic (exact) mass is 191 g/mol. The second-order valence-corrected chi connectivity index (χ2v) is 4.28. The molecule has 0 radical (unpaired) electrons. The zero-order valence-corrected chi connectivity index (χ0v) is 8.80. The third kappa shape index (κ3) is 1.87. The molecule has 14 heavy (non-hydrogen) atoms. The molecule has 1 aliphatic rings. The molecule has 2 heterocycles. The van der Waals surface area contributed by atoms with Crippen LogP contribution in [0.15, 0.2) is 18.3 Å². The number of aryl methyl sites for hydroxylation is 1. The van der Waals surface area contributed by atoms with E-state index in [1.165, 1.54) is 5.56 Å². The minimum atomic E-state index is 0.166. The highest BCUT2D eigenvalue weighted by Crippen LogP contribution is 2.21. The second-order valence-electron chi connectivity index (χ2n) is 4.28. The van der Waals surface area contributed by atoms with Gasteiger partial charge in [0.05, 0.1) is 0 Å². The average molecular weight is 191 g/mol. The van der Waals surface area contributed by atoms with E-state index < -0.39 is 0 Å². The van der Waals surface area contributed by atoms with Gasteiger partial charge in [-0.05, 0) is 38.4 Å². The number of aromatic nitrogens is 1. The molecule has 1 unspecified atom stereocenters. The van der Waals surface area contributed by atoms with Gasteiger partial charge in [0.25, 0.3) is 0 Å². The zero-order valence-electron chi connectivity index (χ0n) is 8.80. The molecular weight excluding hydrogens is 174 g/mol. The molecule has 0 aromatic carbocycles. The highest BCUT2D eigenvalue weighted by molar-refractivity contribution is 5.45. The fraction of sp³-hybridized carbons (Fsp3) is 0.545. The molecule has 3 nitrogen and oxygen atoms in total. The van der Waals surface area contributed by atoms with Gasteiger partial charge in [-0.3, -0.25) is 0 Å². The van der Waals surface area contributed by atoms with E-state index >= 15 is 0 Å². The summed E-state index contributed by atoms with van der Waals surface area (Å²) in [6.07, 6.45) is 2.99. The Morgan fingerprint density at radius 1 is 1.57 bits per heavy atom. The molecule has 2 N–H and O–H groups in total. The summed E-state index contributed by atoms with van der Waals surface area (Å²) in [6.45, 7) is 6.43. The summed E-state index contributed by atoms with van der Waals surface area (Å²) < 4.78 is 0. The first kappa shape index (κ1) is 9.46. The van der Waals surface area contributed by atoms with Crippen molar-refractivity contribution in [3.05, 3.63) is 23.9 Å². The van der Waals surface area contributed by atoms with Crippen molar-refractivity contribution in [1.29, 1.82) is 0 Å². The average Bonchev–Trinajstić information content (AvgIpc) is 2.57. The van der Waals surface area contributed by atoms with Gasteiger partial charge in [-0.15, -0.1) is 0 Å². The van der Waals surface area contributed by atoms with Gasteiger partial charge in [-0.25, -0.2) is 4.98 Å². The summed E-state index contributed by atoms with van der Waals surface area (Å²) in [4.78, 5) is 4.35. The van der Waals surface area contributed by atoms with Crippen molar-refractivity contribution in [2.45, 2.75) is 25.8 Å². The first-order chi connectivity index (χ1) is 6.70. The summed E-state index contributed by atoms with van der Waals surface area (Å²) in [5, 5.41) is 6.87. The zero-order chi connectivity index (χ0) is 10.0. The lowest BCUT2D eigenvalue weighted by Crippen LogP contribution is -2.37. The number of hydrogen-bond acceptors (Lipinski definition) is 3. The molecule has 0 amide bonds. The van der Waals surface area contributed by atoms with Crippen LogP contribution in [0.25, 0.3) is 0 Å². The lowest BCUT2D eigenvalue weighted by atomic mass is 10.0. The summed E-state index contributed by atoms with van der Waals surface area (Å²) in [6, 6.07) is 4.05. The first-order valence-corrected chi connectivity index (χ1v) is 5.10. The van der Waals surface area contributed by atoms with Crippen molar-refractivity contribution in [3.63, 3.8) is 0 Å². The number of hydrogen-bond donors (Lipinski definition) is 2. The molecule has 2 rings (SSSR count). The van der Waals surface area contributed by atoms with E-state index in [4.69, 9.17) is 0 Å². The molecule has 76 valence electrons. The van der Waals surface area contributed by atoms with Crippen molar-refractivity contribution in [3.8, 4) is 0 Å². The van der Waals surface area contributed by atoms with E-state index in [0.717, 1.165) is 25.3 Å². The van der Waals surface area contributed by atoms with E-state index in [1.807, 2.05) is 12.3 Å². The van der Waals surface area contributed by atoms with Crippen LogP contribution in [0.5, 0.6) is 0 Å². The minimum absolute atomic E-state index is 0.166. The third-order valence-corrected chi connectivity index (χ3v) is 2.80. The van der Waals surface area contributed by atoms with Crippen molar-refractivity contribution < 1.29 is 0 Å². The summed E-state index contributed by atoms with van der Waals surface area (Å²) >= 11 is 0. The van der Waals surface area contributed by atoms with E-state index in [9.17, 15) is 0 Å². The third-order valence-electron chi connectivity index (χ3n) is 2.80. The Balaban J connectivity index is 2.14. The molecule has 1 atom stereocenters. The Hall–Kier alpha value is -1.09. The van der Waals surface area contributed by atoms with Crippen LogP contribution in [0, 0.1) is 6.92 Å². The van der Waals surface area contributed by atoms with E-state index in [-0.39, 0.29) is 5.54 Å². The largest absolute Gasteiger partial charge is 0.363 e. The molecule has 0 saturated carbocycles. The van der Waals surface area contributed by atoms with Crippen LogP contribution in [0.3, 0.4) is 0 Å². The topological polar surface area (TPSA) is 37.0 Å². The molecule has 1 aromatic heterocycles. The Morgan fingerprint density at radius 2 is 2.43 bits per heavy atom. The van der Waals surface area contributed by atoms with Gasteiger partial charge in [-0.1, -0.05) is 6.07 Å². The molecule has 1 aromatic rings. The van der Waals surface area contributed by atoms with Crippen LogP contribution in [0.2, 0.25) is 0 Å². The number of nitrogens with zero attached hydrogens (tertiary/aromatic N) is 1. The maximum absolute atomic E-state index is 4.35. The van der Waals surface area contributed by atoms with Gasteiger partial charge in [0.2, 0.25) is 0 Å². The van der Waals surface area contributed by atoms with E-state index in [2.05, 4.69) is 35.5 Å². The molecular formula is C11H17N3. The molecule has 0 aliphatic carbocycles. The van der Waals surface area contributed by atoms with Crippen LogP contribution in [-0.4, -0.2) is 23.6 Å². The molecule has 0 spiro atoms. The van der Waals surface area contributed by atoms with Crippen LogP contribution in [-0.2, 0) is 0 Å². The highest BCUT2D eigenvalue weighted by Gasteiger charge is 2.28. The van der Waals surface area contributed by atoms with Crippen LogP contribution < -0.4 is 10.6 Å². The SMILES string of the molecule is Cc1cccnc1NC1(C)CCNC1. The van der Waals surface area contributed by atoms with Crippen LogP contribution in [0.1, 0.15) is 18.9 Å². The maximum Gasteiger partial charge on any atom is 0.129 e. The van der Waals surface area contributed by atoms with E-state index in [1.54, 1.807) is 0 Å². The molecule has 0 bridgehead atoms. The molecule has 1 aliphatic heterocycles. The molecule has 3 heteroatoms. The number of rotatable bonds is 2. The molecule has 1 fully saturated rings. The lowest BCUT2D eigenvalue weighted by Gasteiger charge is -2.25. The van der Waals surface area contributed by atoms with E-state index in [0.29, 0.717) is 0 Å². The second kappa shape index (κ2) is 3.58. The summed E-state index contributed by atoms with van der Waals surface area (Å²) in [5.41, 5.74) is 1.37. The summed E-state index contributed by atoms with van der Waals surface area (Å²) in [5.74, 6) is 1.01. The van der Waals surface area contributed by atoms with Crippen molar-refractivity contribution in [1.82, 2.24) is 10.3 Å². The van der Waals surface area contributed by atoms with Crippen LogP contribution >= 0.6 is 0 Å². The Bertz CT molecular complexity index is 316. The normalized spacial score (nSPS) is 26.4. The summed E-state index contributed by atoms with van der Waals surface area (Å²) in [7, 11) is 0. The van der Waals surface area contributed by atoms with Gasteiger partial charge in [0.1, 0.15) is 5.82 Å². The Labute approximate surface area is 84.9 Å². The lowest BCUT2D eigenvalue weighted by molar-refractivity contribution is 0.564. The predicted octanol–water partition coefficient (Wildman–Crippen LogP) is 1.55. The van der Waals surface area contributed by atoms with Crippen molar-refractivity contribution >= 4 is 5.82 Å². The van der Waals surface area contributed by atoms with Crippen molar-refractivity contribution in [2.24, 2.45) is 0 Å². The van der Waals surface area contributed by atoms with Gasteiger partial charge in [-0.2, -0.15) is 0 Å². The van der Waals surface area contributed by atoms with Gasteiger partial charge < -0.3 is 10.6 Å². The smallest absolute Gasteiger partial charge is 0.129 e. The minimum Gasteiger partial charge on any atom is -0.363 e. The van der Waals surface area contributed by atoms with Gasteiger partial charge in [0, 0.05) is 18.3 Å². The quantitative estimate of drug-likeness (QED) is 0.744.